The van der Waals surface area contributed by atoms with Gasteiger partial charge in [0, 0.05) is 25.8 Å². The first-order chi connectivity index (χ1) is 14.7. The van der Waals surface area contributed by atoms with Gasteiger partial charge in [-0.15, -0.1) is 0 Å². The Morgan fingerprint density at radius 3 is 2.83 bits per heavy atom. The summed E-state index contributed by atoms with van der Waals surface area (Å²) in [6.45, 7) is 3.86. The topological polar surface area (TPSA) is 82.2 Å². The summed E-state index contributed by atoms with van der Waals surface area (Å²) in [5.41, 5.74) is 1.97. The van der Waals surface area contributed by atoms with Crippen LogP contribution in [0.25, 0.3) is 22.4 Å². The maximum Gasteiger partial charge on any atom is 0.280 e. The molecule has 0 aliphatic rings. The number of fused-ring (bicyclic) bond motifs is 1. The first-order valence-electron chi connectivity index (χ1n) is 9.73. The highest BCUT2D eigenvalue weighted by Gasteiger charge is 2.19. The van der Waals surface area contributed by atoms with Crippen molar-refractivity contribution in [3.8, 4) is 11.3 Å². The zero-order valence-corrected chi connectivity index (χ0v) is 16.5. The van der Waals surface area contributed by atoms with Gasteiger partial charge in [-0.05, 0) is 37.6 Å². The van der Waals surface area contributed by atoms with Crippen molar-refractivity contribution in [2.24, 2.45) is 0 Å². The third-order valence-corrected chi connectivity index (χ3v) is 4.64. The summed E-state index contributed by atoms with van der Waals surface area (Å²) in [6, 6.07) is 15.2. The average molecular weight is 408 g/mol. The molecule has 0 fully saturated rings. The van der Waals surface area contributed by atoms with Crippen molar-refractivity contribution in [3.05, 3.63) is 66.1 Å². The molecule has 8 heteroatoms. The van der Waals surface area contributed by atoms with Crippen LogP contribution in [0.3, 0.4) is 0 Å². The Hall–Kier alpha value is -3.52. The number of aryl methyl sites for hydroxylation is 1. The van der Waals surface area contributed by atoms with E-state index in [0.29, 0.717) is 25.7 Å². The lowest BCUT2D eigenvalue weighted by Gasteiger charge is -2.09. The van der Waals surface area contributed by atoms with Crippen molar-refractivity contribution in [1.29, 1.82) is 0 Å². The molecule has 1 amide bonds. The van der Waals surface area contributed by atoms with Gasteiger partial charge in [0.1, 0.15) is 5.82 Å². The number of halogens is 1. The highest BCUT2D eigenvalue weighted by Crippen LogP contribution is 2.24. The average Bonchev–Trinajstić information content (AvgIpc) is 3.37. The molecule has 2 heterocycles. The highest BCUT2D eigenvalue weighted by atomic mass is 19.1. The standard InChI is InChI=1S/C22H21FN4O3/c1-2-29-13-7-12-27-19-11-6-5-10-17(19)24-22(27)25-21(28)18-14-20(30-26-18)15-8-3-4-9-16(15)23/h3-6,8-11,14H,2,7,12-13H2,1H3,(H,24,25,28). The van der Waals surface area contributed by atoms with Crippen LogP contribution in [0, 0.1) is 5.82 Å². The largest absolute Gasteiger partial charge is 0.382 e. The van der Waals surface area contributed by atoms with E-state index < -0.39 is 11.7 Å². The molecule has 0 aliphatic heterocycles. The number of nitrogens with zero attached hydrogens (tertiary/aromatic N) is 3. The van der Waals surface area contributed by atoms with Gasteiger partial charge in [-0.3, -0.25) is 10.1 Å². The van der Waals surface area contributed by atoms with Crippen molar-refractivity contribution in [1.82, 2.24) is 14.7 Å². The predicted octanol–water partition coefficient (Wildman–Crippen LogP) is 4.51. The van der Waals surface area contributed by atoms with E-state index in [9.17, 15) is 9.18 Å². The van der Waals surface area contributed by atoms with E-state index in [-0.39, 0.29) is 17.0 Å². The number of rotatable bonds is 8. The van der Waals surface area contributed by atoms with Gasteiger partial charge in [0.15, 0.2) is 11.5 Å². The Labute approximate surface area is 172 Å². The van der Waals surface area contributed by atoms with Crippen LogP contribution >= 0.6 is 0 Å². The molecular formula is C22H21FN4O3. The van der Waals surface area contributed by atoms with Crippen LogP contribution in [-0.4, -0.2) is 33.8 Å². The fraction of sp³-hybridized carbons (Fsp3) is 0.227. The van der Waals surface area contributed by atoms with Gasteiger partial charge in [-0.25, -0.2) is 9.37 Å². The minimum absolute atomic E-state index is 0.0428. The maximum absolute atomic E-state index is 14.0. The Kier molecular flexibility index (Phi) is 5.85. The summed E-state index contributed by atoms with van der Waals surface area (Å²) in [5, 5.41) is 6.58. The van der Waals surface area contributed by atoms with Crippen LogP contribution in [0.5, 0.6) is 0 Å². The summed E-state index contributed by atoms with van der Waals surface area (Å²) in [7, 11) is 0. The molecule has 0 radical (unpaired) electrons. The number of anilines is 1. The van der Waals surface area contributed by atoms with Crippen molar-refractivity contribution >= 4 is 22.9 Å². The zero-order valence-electron chi connectivity index (χ0n) is 16.5. The second-order valence-electron chi connectivity index (χ2n) is 6.64. The van der Waals surface area contributed by atoms with E-state index in [1.54, 1.807) is 18.2 Å². The molecule has 154 valence electrons. The number of aromatic nitrogens is 3. The fourth-order valence-electron chi connectivity index (χ4n) is 3.20. The molecule has 4 aromatic rings. The van der Waals surface area contributed by atoms with E-state index in [1.807, 2.05) is 35.8 Å². The molecule has 1 N–H and O–H groups in total. The molecular weight excluding hydrogens is 387 g/mol. The molecule has 7 nitrogen and oxygen atoms in total. The van der Waals surface area contributed by atoms with E-state index >= 15 is 0 Å². The zero-order chi connectivity index (χ0) is 20.9. The van der Waals surface area contributed by atoms with Crippen molar-refractivity contribution in [3.63, 3.8) is 0 Å². The number of benzene rings is 2. The van der Waals surface area contributed by atoms with E-state index in [4.69, 9.17) is 9.26 Å². The third-order valence-electron chi connectivity index (χ3n) is 4.64. The van der Waals surface area contributed by atoms with Gasteiger partial charge >= 0.3 is 0 Å². The molecule has 0 spiro atoms. The second-order valence-corrected chi connectivity index (χ2v) is 6.64. The number of carbonyl (C=O) groups excluding carboxylic acids is 1. The second kappa shape index (κ2) is 8.87. The number of hydrogen-bond acceptors (Lipinski definition) is 5. The van der Waals surface area contributed by atoms with Crippen LogP contribution in [0.2, 0.25) is 0 Å². The van der Waals surface area contributed by atoms with E-state index in [0.717, 1.165) is 17.5 Å². The summed E-state index contributed by atoms with van der Waals surface area (Å²) in [4.78, 5) is 17.3. The number of imidazole rings is 1. The third kappa shape index (κ3) is 4.08. The molecule has 2 aromatic carbocycles. The number of ether oxygens (including phenoxy) is 1. The Morgan fingerprint density at radius 2 is 2.00 bits per heavy atom. The lowest BCUT2D eigenvalue weighted by atomic mass is 10.1. The van der Waals surface area contributed by atoms with Gasteiger partial charge in [0.05, 0.1) is 16.6 Å². The number of nitrogens with one attached hydrogen (secondary N) is 1. The highest BCUT2D eigenvalue weighted by molar-refractivity contribution is 6.03. The van der Waals surface area contributed by atoms with Crippen molar-refractivity contribution in [2.75, 3.05) is 18.5 Å². The number of carbonyl (C=O) groups is 1. The molecule has 30 heavy (non-hydrogen) atoms. The van der Waals surface area contributed by atoms with E-state index in [2.05, 4.69) is 15.5 Å². The van der Waals surface area contributed by atoms with E-state index in [1.165, 1.54) is 12.1 Å². The van der Waals surface area contributed by atoms with Gasteiger partial charge in [0.25, 0.3) is 5.91 Å². The molecule has 0 bridgehead atoms. The first kappa shape index (κ1) is 19.8. The summed E-state index contributed by atoms with van der Waals surface area (Å²) >= 11 is 0. The molecule has 0 saturated heterocycles. The SMILES string of the molecule is CCOCCCn1c(NC(=O)c2cc(-c3ccccc3F)on2)nc2ccccc21. The van der Waals surface area contributed by atoms with Crippen LogP contribution in [-0.2, 0) is 11.3 Å². The quantitative estimate of drug-likeness (QED) is 0.434. The molecule has 0 unspecified atom stereocenters. The predicted molar refractivity (Wildman–Crippen MR) is 111 cm³/mol. The molecule has 2 aromatic heterocycles. The number of amides is 1. The molecule has 0 atom stereocenters. The Bertz CT molecular complexity index is 1170. The monoisotopic (exact) mass is 408 g/mol. The fourth-order valence-corrected chi connectivity index (χ4v) is 3.20. The van der Waals surface area contributed by atoms with Crippen LogP contribution in [0.1, 0.15) is 23.8 Å². The number of para-hydroxylation sites is 2. The minimum atomic E-state index is -0.484. The molecule has 4 rings (SSSR count). The van der Waals surface area contributed by atoms with Crippen LogP contribution < -0.4 is 5.32 Å². The van der Waals surface area contributed by atoms with Crippen molar-refractivity contribution in [2.45, 2.75) is 19.9 Å². The molecule has 0 aliphatic carbocycles. The normalized spacial score (nSPS) is 11.1. The summed E-state index contributed by atoms with van der Waals surface area (Å²) in [6.07, 6.45) is 0.776. The number of hydrogen-bond donors (Lipinski definition) is 1. The first-order valence-corrected chi connectivity index (χ1v) is 9.73. The van der Waals surface area contributed by atoms with Crippen molar-refractivity contribution < 1.29 is 18.4 Å². The molecule has 0 saturated carbocycles. The smallest absolute Gasteiger partial charge is 0.280 e. The van der Waals surface area contributed by atoms with Gasteiger partial charge in [0.2, 0.25) is 5.95 Å². The lowest BCUT2D eigenvalue weighted by molar-refractivity contribution is 0.101. The summed E-state index contributed by atoms with van der Waals surface area (Å²) in [5.74, 6) is -0.337. The Balaban J connectivity index is 1.56. The van der Waals surface area contributed by atoms with Gasteiger partial charge in [-0.1, -0.05) is 29.4 Å². The van der Waals surface area contributed by atoms with Gasteiger partial charge < -0.3 is 13.8 Å². The van der Waals surface area contributed by atoms with Crippen LogP contribution in [0.4, 0.5) is 10.3 Å². The van der Waals surface area contributed by atoms with Gasteiger partial charge in [-0.2, -0.15) is 0 Å². The summed E-state index contributed by atoms with van der Waals surface area (Å²) < 4.78 is 26.5. The lowest BCUT2D eigenvalue weighted by Crippen LogP contribution is -2.17. The Morgan fingerprint density at radius 1 is 1.20 bits per heavy atom. The maximum atomic E-state index is 14.0. The minimum Gasteiger partial charge on any atom is -0.382 e. The van der Waals surface area contributed by atoms with Crippen LogP contribution in [0.15, 0.2) is 59.1 Å².